The lowest BCUT2D eigenvalue weighted by Crippen LogP contribution is -2.65. The molecule has 6 nitrogen and oxygen atoms in total. The van der Waals surface area contributed by atoms with Crippen molar-refractivity contribution in [3.05, 3.63) is 29.3 Å². The van der Waals surface area contributed by atoms with Crippen molar-refractivity contribution >= 4 is 30.5 Å². The van der Waals surface area contributed by atoms with E-state index in [-0.39, 0.29) is 41.0 Å². The summed E-state index contributed by atoms with van der Waals surface area (Å²) in [6, 6.07) is 5.42. The van der Waals surface area contributed by atoms with Crippen LogP contribution in [0.15, 0.2) is 18.2 Å². The van der Waals surface area contributed by atoms with Crippen molar-refractivity contribution in [1.82, 2.24) is 0 Å². The second-order valence-corrected chi connectivity index (χ2v) is 12.4. The van der Waals surface area contributed by atoms with Crippen molar-refractivity contribution in [1.29, 1.82) is 0 Å². The molecule has 5 rings (SSSR count). The van der Waals surface area contributed by atoms with Gasteiger partial charge in [0, 0.05) is 12.2 Å². The van der Waals surface area contributed by atoms with Crippen LogP contribution in [0.5, 0.6) is 5.75 Å². The lowest BCUT2D eigenvalue weighted by atomic mass is 9.43. The number of carbonyl (C=O) groups is 2. The molecule has 1 saturated heterocycles. The maximum atomic E-state index is 12.8. The molecule has 5 atom stereocenters. The van der Waals surface area contributed by atoms with E-state index >= 15 is 0 Å². The van der Waals surface area contributed by atoms with E-state index in [1.54, 1.807) is 13.2 Å². The molecule has 0 unspecified atom stereocenters. The summed E-state index contributed by atoms with van der Waals surface area (Å²) in [5.74, 6) is 0.701. The van der Waals surface area contributed by atoms with Crippen LogP contribution in [0.3, 0.4) is 0 Å². The van der Waals surface area contributed by atoms with Gasteiger partial charge in [-0.15, -0.1) is 11.6 Å². The van der Waals surface area contributed by atoms with Crippen LogP contribution in [0.25, 0.3) is 0 Å². The normalized spacial score (nSPS) is 29.7. The van der Waals surface area contributed by atoms with Gasteiger partial charge in [0.2, 0.25) is 0 Å². The highest BCUT2D eigenvalue weighted by Crippen LogP contribution is 2.66. The van der Waals surface area contributed by atoms with Crippen LogP contribution in [0.2, 0.25) is 5.82 Å². The van der Waals surface area contributed by atoms with Crippen molar-refractivity contribution in [3.8, 4) is 5.75 Å². The predicted molar refractivity (Wildman–Crippen MR) is 136 cm³/mol. The van der Waals surface area contributed by atoms with Gasteiger partial charge in [0.15, 0.2) is 0 Å². The van der Waals surface area contributed by atoms with Gasteiger partial charge < -0.3 is 18.8 Å². The Bertz CT molecular complexity index is 988. The second kappa shape index (κ2) is 9.39. The van der Waals surface area contributed by atoms with Crippen LogP contribution in [0.1, 0.15) is 76.7 Å². The molecule has 0 N–H and O–H groups in total. The predicted octanol–water partition coefficient (Wildman–Crippen LogP) is 5.49. The summed E-state index contributed by atoms with van der Waals surface area (Å²) in [6.07, 6.45) is 2.84. The number of alkyl halides is 1. The van der Waals surface area contributed by atoms with Crippen LogP contribution in [-0.4, -0.2) is 49.2 Å². The van der Waals surface area contributed by atoms with Crippen LogP contribution in [-0.2, 0) is 25.3 Å². The van der Waals surface area contributed by atoms with Gasteiger partial charge in [0.25, 0.3) is 0 Å². The van der Waals surface area contributed by atoms with Crippen LogP contribution < -0.4 is 4.74 Å². The molecule has 1 aromatic carbocycles. The third kappa shape index (κ3) is 4.88. The zero-order chi connectivity index (χ0) is 25.8. The molecule has 1 heterocycles. The molecule has 0 radical (unpaired) electrons. The number of esters is 1. The van der Waals surface area contributed by atoms with Gasteiger partial charge in [-0.3, -0.25) is 4.79 Å². The topological polar surface area (TPSA) is 71.1 Å². The summed E-state index contributed by atoms with van der Waals surface area (Å²) < 4.78 is 24.5. The van der Waals surface area contributed by atoms with E-state index in [0.717, 1.165) is 18.4 Å². The minimum atomic E-state index is -0.626. The van der Waals surface area contributed by atoms with E-state index in [4.69, 9.17) is 30.4 Å². The van der Waals surface area contributed by atoms with E-state index in [2.05, 4.69) is 20.8 Å². The van der Waals surface area contributed by atoms with Crippen molar-refractivity contribution < 1.29 is 28.4 Å². The van der Waals surface area contributed by atoms with E-state index in [1.165, 1.54) is 0 Å². The number of methoxy groups -OCH3 is 1. The van der Waals surface area contributed by atoms with Gasteiger partial charge in [-0.25, -0.2) is 4.79 Å². The lowest BCUT2D eigenvalue weighted by molar-refractivity contribution is -0.199. The summed E-state index contributed by atoms with van der Waals surface area (Å²) in [4.78, 5) is 25.3. The Morgan fingerprint density at radius 1 is 1.23 bits per heavy atom. The number of benzene rings is 1. The fourth-order valence-corrected chi connectivity index (χ4v) is 6.59. The molecule has 1 aromatic rings. The zero-order valence-electron chi connectivity index (χ0n) is 22.0. The molecule has 0 spiro atoms. The highest BCUT2D eigenvalue weighted by molar-refractivity contribution is 6.48. The third-order valence-electron chi connectivity index (χ3n) is 8.39. The van der Waals surface area contributed by atoms with E-state index in [1.807, 2.05) is 32.9 Å². The first-order valence-corrected chi connectivity index (χ1v) is 13.1. The number of halogens is 1. The Balaban J connectivity index is 1.60. The van der Waals surface area contributed by atoms with Crippen molar-refractivity contribution in [2.75, 3.05) is 13.0 Å². The first-order chi connectivity index (χ1) is 16.3. The SMILES string of the molecule is COc1c(C[C@H](CC(=O)CCl)B2O[C@@H]3C[C@@H]4C[C@@H](C4(C)C)[C@]3(C)O2)cccc1C(=O)OC(C)(C)C. The smallest absolute Gasteiger partial charge is 0.461 e. The van der Waals surface area contributed by atoms with Crippen LogP contribution in [0, 0.1) is 17.3 Å². The summed E-state index contributed by atoms with van der Waals surface area (Å²) in [5, 5.41) is 0. The number of rotatable bonds is 8. The van der Waals surface area contributed by atoms with Gasteiger partial charge in [0.05, 0.1) is 24.7 Å². The first kappa shape index (κ1) is 26.5. The Morgan fingerprint density at radius 3 is 2.54 bits per heavy atom. The molecular formula is C27H38BClO6. The first-order valence-electron chi connectivity index (χ1n) is 12.6. The molecule has 3 saturated carbocycles. The Hall–Kier alpha value is -1.57. The largest absolute Gasteiger partial charge is 0.496 e. The van der Waals surface area contributed by atoms with Gasteiger partial charge in [-0.05, 0) is 75.8 Å². The average Bonchev–Trinajstić information content (AvgIpc) is 3.14. The molecule has 192 valence electrons. The zero-order valence-corrected chi connectivity index (χ0v) is 22.7. The van der Waals surface area contributed by atoms with Gasteiger partial charge in [0.1, 0.15) is 22.7 Å². The maximum absolute atomic E-state index is 12.8. The number of ketones is 1. The molecular weight excluding hydrogens is 467 g/mol. The second-order valence-electron chi connectivity index (χ2n) is 12.2. The molecule has 2 bridgehead atoms. The van der Waals surface area contributed by atoms with E-state index < -0.39 is 18.7 Å². The van der Waals surface area contributed by atoms with E-state index in [9.17, 15) is 9.59 Å². The molecule has 1 aliphatic heterocycles. The summed E-state index contributed by atoms with van der Waals surface area (Å²) in [5.41, 5.74) is 0.404. The number of carbonyl (C=O) groups excluding carboxylic acids is 2. The maximum Gasteiger partial charge on any atom is 0.461 e. The number of para-hydroxylation sites is 1. The molecule has 4 aliphatic rings. The summed E-state index contributed by atoms with van der Waals surface area (Å²) in [7, 11) is 1.02. The van der Waals surface area contributed by atoms with Crippen molar-refractivity contribution in [2.45, 2.75) is 90.3 Å². The van der Waals surface area contributed by atoms with Gasteiger partial charge in [-0.1, -0.05) is 26.0 Å². The van der Waals surface area contributed by atoms with Crippen molar-refractivity contribution in [2.24, 2.45) is 17.3 Å². The highest BCUT2D eigenvalue weighted by atomic mass is 35.5. The Kier molecular flexibility index (Phi) is 7.11. The third-order valence-corrected chi connectivity index (χ3v) is 8.69. The number of Topliss-reactive ketones (excluding diaryl/α,β-unsaturated/α-hetero) is 1. The fraction of sp³-hybridized carbons (Fsp3) is 0.704. The average molecular weight is 505 g/mol. The molecule has 8 heteroatoms. The summed E-state index contributed by atoms with van der Waals surface area (Å²) in [6.45, 7) is 12.3. The number of ether oxygens (including phenoxy) is 2. The Morgan fingerprint density at radius 2 is 1.94 bits per heavy atom. The molecule has 0 amide bonds. The number of hydrogen-bond donors (Lipinski definition) is 0. The monoisotopic (exact) mass is 504 g/mol. The quantitative estimate of drug-likeness (QED) is 0.265. The lowest BCUT2D eigenvalue weighted by Gasteiger charge is -2.64. The highest BCUT2D eigenvalue weighted by Gasteiger charge is 2.68. The Labute approximate surface area is 214 Å². The standard InChI is InChI=1S/C27H38BClO6/c1-25(2,3)33-24(31)20-10-8-9-16(23(20)32-7)11-18(14-19(30)15-29)28-34-22-13-17-12-21(26(17,4)5)27(22,6)35-28/h8-10,17-18,21-22H,11-15H2,1-7H3/t17-,18+,21-,22+,27-/m0/s1. The minimum Gasteiger partial charge on any atom is -0.496 e. The van der Waals surface area contributed by atoms with Gasteiger partial charge in [-0.2, -0.15) is 0 Å². The fourth-order valence-electron chi connectivity index (χ4n) is 6.48. The summed E-state index contributed by atoms with van der Waals surface area (Å²) >= 11 is 5.89. The number of hydrogen-bond acceptors (Lipinski definition) is 6. The molecule has 4 fully saturated rings. The van der Waals surface area contributed by atoms with Gasteiger partial charge >= 0.3 is 13.1 Å². The molecule has 0 aromatic heterocycles. The van der Waals surface area contributed by atoms with Crippen LogP contribution >= 0.6 is 11.6 Å². The minimum absolute atomic E-state index is 0.0212. The molecule has 3 aliphatic carbocycles. The molecule has 35 heavy (non-hydrogen) atoms. The van der Waals surface area contributed by atoms with Crippen molar-refractivity contribution in [3.63, 3.8) is 0 Å². The van der Waals surface area contributed by atoms with E-state index in [0.29, 0.717) is 29.6 Å². The van der Waals surface area contributed by atoms with Crippen LogP contribution in [0.4, 0.5) is 0 Å².